The molecule has 1 rings (SSSR count). The number of hydrogen-bond acceptors (Lipinski definition) is 5. The predicted octanol–water partition coefficient (Wildman–Crippen LogP) is 0.0142. The van der Waals surface area contributed by atoms with Crippen LogP contribution in [0.5, 0.6) is 0 Å². The molecule has 0 aliphatic carbocycles. The topological polar surface area (TPSA) is 104 Å². The summed E-state index contributed by atoms with van der Waals surface area (Å²) in [4.78, 5) is 10.8. The first-order valence-electron chi connectivity index (χ1n) is 5.86. The number of benzene rings is 1. The van der Waals surface area contributed by atoms with Crippen LogP contribution in [0.3, 0.4) is 0 Å². The number of hydrogen-bond donors (Lipinski definition) is 2. The van der Waals surface area contributed by atoms with Crippen LogP contribution in [-0.4, -0.2) is 62.3 Å². The highest BCUT2D eigenvalue weighted by molar-refractivity contribution is 7.89. The van der Waals surface area contributed by atoms with E-state index in [9.17, 15) is 13.2 Å². The van der Waals surface area contributed by atoms with Crippen molar-refractivity contribution in [2.75, 3.05) is 33.4 Å². The van der Waals surface area contributed by atoms with E-state index in [1.54, 1.807) is 0 Å². The highest BCUT2D eigenvalue weighted by atomic mass is 32.2. The molecule has 7 nitrogen and oxygen atoms in total. The van der Waals surface area contributed by atoms with Gasteiger partial charge in [0.15, 0.2) is 0 Å². The van der Waals surface area contributed by atoms with Gasteiger partial charge in [-0.3, -0.25) is 0 Å². The summed E-state index contributed by atoms with van der Waals surface area (Å²) in [6.07, 6.45) is 0. The normalized spacial score (nSPS) is 11.8. The van der Waals surface area contributed by atoms with Crippen LogP contribution >= 0.6 is 0 Å². The van der Waals surface area contributed by atoms with Gasteiger partial charge >= 0.3 is 5.97 Å². The number of sulfonamides is 1. The standard InChI is InChI=1S/C12H17NO6S/c1-19-8-6-13(5-7-14)20(17,18)11-4-2-3-10(9-11)12(15)16/h2-4,9,14H,5-8H2,1H3,(H,15,16). The van der Waals surface area contributed by atoms with Crippen LogP contribution in [0.25, 0.3) is 0 Å². The SMILES string of the molecule is COCCN(CCO)S(=O)(=O)c1cccc(C(=O)O)c1. The number of aliphatic hydroxyl groups excluding tert-OH is 1. The van der Waals surface area contributed by atoms with Crippen LogP contribution in [0.2, 0.25) is 0 Å². The lowest BCUT2D eigenvalue weighted by Crippen LogP contribution is -2.36. The maximum Gasteiger partial charge on any atom is 0.335 e. The van der Waals surface area contributed by atoms with Gasteiger partial charge in [0.05, 0.1) is 23.7 Å². The van der Waals surface area contributed by atoms with E-state index in [0.717, 1.165) is 10.4 Å². The number of ether oxygens (including phenoxy) is 1. The predicted molar refractivity (Wildman–Crippen MR) is 71.1 cm³/mol. The molecule has 8 heteroatoms. The number of nitrogens with zero attached hydrogens (tertiary/aromatic N) is 1. The Balaban J connectivity index is 3.11. The fraction of sp³-hybridized carbons (Fsp3) is 0.417. The van der Waals surface area contributed by atoms with Crippen LogP contribution in [0.4, 0.5) is 0 Å². The minimum absolute atomic E-state index is 0.0801. The Morgan fingerprint density at radius 1 is 1.35 bits per heavy atom. The second kappa shape index (κ2) is 7.34. The smallest absolute Gasteiger partial charge is 0.335 e. The van der Waals surface area contributed by atoms with Gasteiger partial charge in [0.25, 0.3) is 0 Å². The summed E-state index contributed by atoms with van der Waals surface area (Å²) >= 11 is 0. The van der Waals surface area contributed by atoms with Gasteiger partial charge < -0.3 is 14.9 Å². The fourth-order valence-electron chi connectivity index (χ4n) is 1.60. The first-order chi connectivity index (χ1) is 9.43. The zero-order valence-corrected chi connectivity index (χ0v) is 11.8. The molecule has 1 aromatic carbocycles. The summed E-state index contributed by atoms with van der Waals surface area (Å²) in [5.74, 6) is -1.20. The zero-order valence-electron chi connectivity index (χ0n) is 11.0. The van der Waals surface area contributed by atoms with Crippen LogP contribution in [0.1, 0.15) is 10.4 Å². The van der Waals surface area contributed by atoms with Crippen LogP contribution in [0.15, 0.2) is 29.2 Å². The molecule has 0 saturated heterocycles. The molecule has 0 fully saturated rings. The minimum Gasteiger partial charge on any atom is -0.478 e. The number of methoxy groups -OCH3 is 1. The van der Waals surface area contributed by atoms with Gasteiger partial charge in [-0.2, -0.15) is 4.31 Å². The third-order valence-corrected chi connectivity index (χ3v) is 4.51. The van der Waals surface area contributed by atoms with Crippen molar-refractivity contribution in [3.05, 3.63) is 29.8 Å². The Morgan fingerprint density at radius 2 is 2.05 bits per heavy atom. The van der Waals surface area contributed by atoms with Crippen molar-refractivity contribution in [1.82, 2.24) is 4.31 Å². The molecule has 2 N–H and O–H groups in total. The van der Waals surface area contributed by atoms with Crippen LogP contribution < -0.4 is 0 Å². The van der Waals surface area contributed by atoms with Crippen molar-refractivity contribution in [3.63, 3.8) is 0 Å². The first kappa shape index (κ1) is 16.6. The van der Waals surface area contributed by atoms with E-state index in [4.69, 9.17) is 14.9 Å². The summed E-state index contributed by atoms with van der Waals surface area (Å²) in [6.45, 7) is -0.154. The summed E-state index contributed by atoms with van der Waals surface area (Å²) in [5, 5.41) is 17.8. The highest BCUT2D eigenvalue weighted by Gasteiger charge is 2.24. The Morgan fingerprint density at radius 3 is 2.60 bits per heavy atom. The Hall–Kier alpha value is -1.48. The second-order valence-electron chi connectivity index (χ2n) is 3.95. The molecule has 0 aromatic heterocycles. The van der Waals surface area contributed by atoms with Gasteiger partial charge in [-0.25, -0.2) is 13.2 Å². The van der Waals surface area contributed by atoms with Crippen molar-refractivity contribution in [3.8, 4) is 0 Å². The molecule has 0 aliphatic rings. The lowest BCUT2D eigenvalue weighted by molar-refractivity contribution is 0.0696. The Kier molecular flexibility index (Phi) is 6.08. The van der Waals surface area contributed by atoms with E-state index in [-0.39, 0.29) is 36.8 Å². The monoisotopic (exact) mass is 303 g/mol. The zero-order chi connectivity index (χ0) is 15.2. The van der Waals surface area contributed by atoms with Gasteiger partial charge in [-0.1, -0.05) is 6.07 Å². The molecular formula is C12H17NO6S. The molecule has 0 atom stereocenters. The molecule has 0 heterocycles. The van der Waals surface area contributed by atoms with Gasteiger partial charge in [0, 0.05) is 20.2 Å². The molecule has 0 amide bonds. The molecule has 20 heavy (non-hydrogen) atoms. The van der Waals surface area contributed by atoms with Gasteiger partial charge in [-0.15, -0.1) is 0 Å². The van der Waals surface area contributed by atoms with Crippen molar-refractivity contribution in [2.45, 2.75) is 4.90 Å². The third kappa shape index (κ3) is 4.01. The second-order valence-corrected chi connectivity index (χ2v) is 5.89. The third-order valence-electron chi connectivity index (χ3n) is 2.61. The molecule has 0 bridgehead atoms. The largest absolute Gasteiger partial charge is 0.478 e. The summed E-state index contributed by atoms with van der Waals surface area (Å²) < 4.78 is 30.6. The Bertz CT molecular complexity index is 557. The number of carboxylic acid groups (broad SMARTS) is 1. The number of rotatable bonds is 8. The quantitative estimate of drug-likeness (QED) is 0.701. The number of aliphatic hydroxyl groups is 1. The average molecular weight is 303 g/mol. The van der Waals surface area contributed by atoms with Gasteiger partial charge in [0.1, 0.15) is 0 Å². The van der Waals surface area contributed by atoms with Crippen molar-refractivity contribution >= 4 is 16.0 Å². The number of carboxylic acids is 1. The number of aromatic carboxylic acids is 1. The lowest BCUT2D eigenvalue weighted by Gasteiger charge is -2.21. The molecule has 1 aromatic rings. The van der Waals surface area contributed by atoms with E-state index < -0.39 is 16.0 Å². The Labute approximate surface area is 117 Å². The first-order valence-corrected chi connectivity index (χ1v) is 7.30. The molecule has 0 unspecified atom stereocenters. The molecule has 0 radical (unpaired) electrons. The van der Waals surface area contributed by atoms with Gasteiger partial charge in [0.2, 0.25) is 10.0 Å². The summed E-state index contributed by atoms with van der Waals surface area (Å²) in [7, 11) is -2.42. The summed E-state index contributed by atoms with van der Waals surface area (Å²) in [6, 6.07) is 5.09. The van der Waals surface area contributed by atoms with E-state index in [0.29, 0.717) is 0 Å². The molecular weight excluding hydrogens is 286 g/mol. The van der Waals surface area contributed by atoms with E-state index in [1.165, 1.54) is 25.3 Å². The van der Waals surface area contributed by atoms with Crippen LogP contribution in [-0.2, 0) is 14.8 Å². The molecule has 0 saturated carbocycles. The lowest BCUT2D eigenvalue weighted by atomic mass is 10.2. The summed E-state index contributed by atoms with van der Waals surface area (Å²) in [5.41, 5.74) is -0.109. The van der Waals surface area contributed by atoms with Crippen LogP contribution in [0, 0.1) is 0 Å². The highest BCUT2D eigenvalue weighted by Crippen LogP contribution is 2.17. The fourth-order valence-corrected chi connectivity index (χ4v) is 3.06. The van der Waals surface area contributed by atoms with Gasteiger partial charge in [-0.05, 0) is 18.2 Å². The minimum atomic E-state index is -3.86. The van der Waals surface area contributed by atoms with Crippen molar-refractivity contribution in [1.29, 1.82) is 0 Å². The van der Waals surface area contributed by atoms with E-state index >= 15 is 0 Å². The van der Waals surface area contributed by atoms with E-state index in [1.807, 2.05) is 0 Å². The van der Waals surface area contributed by atoms with Crippen molar-refractivity contribution < 1.29 is 28.2 Å². The van der Waals surface area contributed by atoms with E-state index in [2.05, 4.69) is 0 Å². The molecule has 0 spiro atoms. The maximum absolute atomic E-state index is 12.4. The maximum atomic E-state index is 12.4. The van der Waals surface area contributed by atoms with Crippen molar-refractivity contribution in [2.24, 2.45) is 0 Å². The average Bonchev–Trinajstić information content (AvgIpc) is 2.43. The molecule has 112 valence electrons. The number of carbonyl (C=O) groups is 1. The molecule has 0 aliphatic heterocycles.